The number of anilines is 1. The summed E-state index contributed by atoms with van der Waals surface area (Å²) in [5.74, 6) is -0.294. The number of carbonyl (C=O) groups excluding carboxylic acids is 1. The average Bonchev–Trinajstić information content (AvgIpc) is 3.50. The zero-order valence-electron chi connectivity index (χ0n) is 17.9. The summed E-state index contributed by atoms with van der Waals surface area (Å²) in [5.41, 5.74) is 1.94. The monoisotopic (exact) mass is 431 g/mol. The number of halogens is 2. The molecule has 1 amide bonds. The first-order chi connectivity index (χ1) is 14.8. The molecule has 0 unspecified atom stereocenters. The second-order valence-corrected chi connectivity index (χ2v) is 8.59. The summed E-state index contributed by atoms with van der Waals surface area (Å²) < 4.78 is 35.6. The van der Waals surface area contributed by atoms with E-state index in [9.17, 15) is 13.6 Å². The normalized spacial score (nSPS) is 19.9. The van der Waals surface area contributed by atoms with Crippen molar-refractivity contribution < 1.29 is 23.0 Å². The van der Waals surface area contributed by atoms with Gasteiger partial charge in [-0.15, -0.1) is 0 Å². The number of aryl methyl sites for hydroxylation is 1. The van der Waals surface area contributed by atoms with E-state index in [4.69, 9.17) is 4.74 Å². The second kappa shape index (κ2) is 8.51. The van der Waals surface area contributed by atoms with Gasteiger partial charge < -0.3 is 14.8 Å². The van der Waals surface area contributed by atoms with Crippen molar-refractivity contribution in [2.75, 3.05) is 31.6 Å². The van der Waals surface area contributed by atoms with Gasteiger partial charge in [0.05, 0.1) is 18.1 Å². The van der Waals surface area contributed by atoms with Crippen molar-refractivity contribution in [3.8, 4) is 5.88 Å². The number of rotatable bonds is 8. The molecule has 1 N–H and O–H groups in total. The van der Waals surface area contributed by atoms with Gasteiger partial charge in [-0.3, -0.25) is 9.69 Å². The molecule has 0 aliphatic carbocycles. The van der Waals surface area contributed by atoms with Gasteiger partial charge in [-0.2, -0.15) is 8.78 Å². The predicted molar refractivity (Wildman–Crippen MR) is 113 cm³/mol. The molecule has 0 bridgehead atoms. The number of benzene rings is 1. The van der Waals surface area contributed by atoms with Gasteiger partial charge in [-0.05, 0) is 36.1 Å². The Balaban J connectivity index is 1.65. The van der Waals surface area contributed by atoms with Crippen LogP contribution >= 0.6 is 0 Å². The Hall–Kier alpha value is -2.58. The quantitative estimate of drug-likeness (QED) is 0.646. The fraction of sp³-hybridized carbons (Fsp3) is 0.478. The summed E-state index contributed by atoms with van der Waals surface area (Å²) in [6, 6.07) is 11.1. The van der Waals surface area contributed by atoms with Gasteiger partial charge in [0.2, 0.25) is 11.8 Å². The van der Waals surface area contributed by atoms with Crippen LogP contribution in [0.25, 0.3) is 0 Å². The van der Waals surface area contributed by atoms with Gasteiger partial charge in [0.1, 0.15) is 5.69 Å². The third-order valence-electron chi connectivity index (χ3n) is 5.83. The minimum absolute atomic E-state index is 0.140. The van der Waals surface area contributed by atoms with Crippen LogP contribution < -0.4 is 10.1 Å². The molecule has 0 saturated carbocycles. The van der Waals surface area contributed by atoms with E-state index in [1.54, 1.807) is 19.1 Å². The predicted octanol–water partition coefficient (Wildman–Crippen LogP) is 3.71. The Labute approximate surface area is 180 Å². The Morgan fingerprint density at radius 2 is 2.00 bits per heavy atom. The van der Waals surface area contributed by atoms with Gasteiger partial charge in [0.15, 0.2) is 0 Å². The van der Waals surface area contributed by atoms with Crippen molar-refractivity contribution in [3.63, 3.8) is 0 Å². The van der Waals surface area contributed by atoms with E-state index in [-0.39, 0.29) is 29.5 Å². The van der Waals surface area contributed by atoms with Crippen molar-refractivity contribution >= 4 is 11.6 Å². The molecule has 1 aromatic carbocycles. The lowest BCUT2D eigenvalue weighted by atomic mass is 9.69. The molecule has 2 saturated heterocycles. The Morgan fingerprint density at radius 3 is 2.65 bits per heavy atom. The number of hydrogen-bond acceptors (Lipinski definition) is 5. The van der Waals surface area contributed by atoms with Crippen molar-refractivity contribution in [2.24, 2.45) is 0 Å². The maximum atomic E-state index is 13.6. The lowest BCUT2D eigenvalue weighted by Crippen LogP contribution is -2.65. The van der Waals surface area contributed by atoms with Crippen LogP contribution in [0, 0.1) is 6.92 Å². The standard InChI is InChI=1S/C23H27F2N3O3/c1-14(2)17-6-4-5-7-18(17)23(12-28(13-23)10-16-11-30-16)21(29)27-19-9-8-15(3)26-20(19)31-22(24)25/h4-9,14,16,22H,10-13H2,1-3H3,(H,27,29)/t16-/m1/s1. The summed E-state index contributed by atoms with van der Waals surface area (Å²) in [6.07, 6.45) is 0.230. The molecule has 0 radical (unpaired) electrons. The third kappa shape index (κ3) is 4.55. The zero-order valence-corrected chi connectivity index (χ0v) is 17.9. The number of hydrogen-bond donors (Lipinski definition) is 1. The van der Waals surface area contributed by atoms with Gasteiger partial charge in [0, 0.05) is 25.3 Å². The van der Waals surface area contributed by atoms with Gasteiger partial charge in [-0.1, -0.05) is 38.1 Å². The van der Waals surface area contributed by atoms with E-state index < -0.39 is 12.0 Å². The van der Waals surface area contributed by atoms with Crippen LogP contribution in [0.1, 0.15) is 36.6 Å². The molecule has 2 aliphatic rings. The number of nitrogens with zero attached hydrogens (tertiary/aromatic N) is 2. The molecule has 3 heterocycles. The highest BCUT2D eigenvalue weighted by atomic mass is 19.3. The summed E-state index contributed by atoms with van der Waals surface area (Å²) in [4.78, 5) is 19.8. The minimum atomic E-state index is -3.03. The van der Waals surface area contributed by atoms with Crippen LogP contribution in [0.4, 0.5) is 14.5 Å². The number of aromatic nitrogens is 1. The zero-order chi connectivity index (χ0) is 22.2. The number of nitrogens with one attached hydrogen (secondary N) is 1. The lowest BCUT2D eigenvalue weighted by molar-refractivity contribution is -0.128. The van der Waals surface area contributed by atoms with E-state index in [2.05, 4.69) is 33.8 Å². The molecule has 31 heavy (non-hydrogen) atoms. The summed E-state index contributed by atoms with van der Waals surface area (Å²) in [7, 11) is 0. The topological polar surface area (TPSA) is 67.0 Å². The summed E-state index contributed by atoms with van der Waals surface area (Å²) >= 11 is 0. The number of pyridine rings is 1. The largest absolute Gasteiger partial charge is 0.415 e. The molecule has 2 aromatic rings. The van der Waals surface area contributed by atoms with E-state index in [0.29, 0.717) is 18.8 Å². The highest BCUT2D eigenvalue weighted by molar-refractivity contribution is 6.01. The van der Waals surface area contributed by atoms with Crippen LogP contribution in [0.2, 0.25) is 0 Å². The van der Waals surface area contributed by atoms with E-state index in [1.165, 1.54) is 0 Å². The van der Waals surface area contributed by atoms with Crippen molar-refractivity contribution in [1.82, 2.24) is 9.88 Å². The summed E-state index contributed by atoms with van der Waals surface area (Å²) in [5, 5.41) is 2.82. The molecule has 166 valence electrons. The smallest absolute Gasteiger partial charge is 0.388 e. The van der Waals surface area contributed by atoms with Crippen molar-refractivity contribution in [1.29, 1.82) is 0 Å². The SMILES string of the molecule is Cc1ccc(NC(=O)C2(c3ccccc3C(C)C)CN(C[C@@H]3CO3)C2)c(OC(F)F)n1. The van der Waals surface area contributed by atoms with Crippen LogP contribution in [-0.4, -0.2) is 54.7 Å². The molecule has 8 heteroatoms. The average molecular weight is 431 g/mol. The van der Waals surface area contributed by atoms with Gasteiger partial charge in [0.25, 0.3) is 0 Å². The Kier molecular flexibility index (Phi) is 5.94. The van der Waals surface area contributed by atoms with Crippen LogP contribution in [0.3, 0.4) is 0 Å². The van der Waals surface area contributed by atoms with Crippen molar-refractivity contribution in [3.05, 3.63) is 53.2 Å². The number of epoxide rings is 1. The highest BCUT2D eigenvalue weighted by Gasteiger charge is 2.52. The molecular weight excluding hydrogens is 404 g/mol. The molecule has 2 aliphatic heterocycles. The van der Waals surface area contributed by atoms with E-state index in [1.807, 2.05) is 24.3 Å². The molecule has 1 atom stereocenters. The Bertz CT molecular complexity index is 957. The van der Waals surface area contributed by atoms with Crippen molar-refractivity contribution in [2.45, 2.75) is 44.8 Å². The first-order valence-corrected chi connectivity index (χ1v) is 10.5. The van der Waals surface area contributed by atoms with Crippen LogP contribution in [0.5, 0.6) is 5.88 Å². The molecule has 6 nitrogen and oxygen atoms in total. The van der Waals surface area contributed by atoms with Crippen LogP contribution in [0.15, 0.2) is 36.4 Å². The van der Waals surface area contributed by atoms with Gasteiger partial charge in [-0.25, -0.2) is 4.98 Å². The maximum Gasteiger partial charge on any atom is 0.388 e. The number of amides is 1. The maximum absolute atomic E-state index is 13.6. The number of likely N-dealkylation sites (tertiary alicyclic amines) is 1. The first kappa shape index (κ1) is 21.6. The van der Waals surface area contributed by atoms with E-state index >= 15 is 0 Å². The number of carbonyl (C=O) groups is 1. The molecule has 1 aromatic heterocycles. The van der Waals surface area contributed by atoms with Gasteiger partial charge >= 0.3 is 6.61 Å². The molecule has 0 spiro atoms. The number of alkyl halides is 2. The Morgan fingerprint density at radius 1 is 1.29 bits per heavy atom. The molecule has 2 fully saturated rings. The minimum Gasteiger partial charge on any atom is -0.415 e. The first-order valence-electron chi connectivity index (χ1n) is 10.5. The third-order valence-corrected chi connectivity index (χ3v) is 5.83. The lowest BCUT2D eigenvalue weighted by Gasteiger charge is -2.50. The molecule has 4 rings (SSSR count). The number of ether oxygens (including phenoxy) is 2. The highest BCUT2D eigenvalue weighted by Crippen LogP contribution is 2.41. The fourth-order valence-electron chi connectivity index (χ4n) is 4.22. The molecular formula is C23H27F2N3O3. The van der Waals surface area contributed by atoms with Crippen LogP contribution in [-0.2, 0) is 14.9 Å². The second-order valence-electron chi connectivity index (χ2n) is 8.59. The fourth-order valence-corrected chi connectivity index (χ4v) is 4.22. The van der Waals surface area contributed by atoms with E-state index in [0.717, 1.165) is 24.3 Å². The summed E-state index contributed by atoms with van der Waals surface area (Å²) in [6.45, 7) is 5.44.